The molecule has 1 fully saturated rings. The zero-order valence-electron chi connectivity index (χ0n) is 17.3. The molecule has 1 aliphatic heterocycles. The van der Waals surface area contributed by atoms with Crippen LogP contribution in [0.2, 0.25) is 0 Å². The largest absolute Gasteiger partial charge is 0.493 e. The summed E-state index contributed by atoms with van der Waals surface area (Å²) in [4.78, 5) is 27.1. The van der Waals surface area contributed by atoms with Gasteiger partial charge in [0.25, 0.3) is 5.91 Å². The fourth-order valence-electron chi connectivity index (χ4n) is 2.94. The molecule has 0 saturated carbocycles. The molecule has 3 rings (SSSR count). The number of nitrogens with zero attached hydrogens (tertiary/aromatic N) is 2. The molecule has 0 bridgehead atoms. The SMILES string of the molecule is COC(=O)CN1C(=S)N(C)C(=O)C1=Cc1ccc(OCc2ccc(F)cc2)c(OC)c1. The number of esters is 1. The van der Waals surface area contributed by atoms with E-state index in [9.17, 15) is 14.0 Å². The van der Waals surface area contributed by atoms with Crippen LogP contribution in [-0.2, 0) is 20.9 Å². The van der Waals surface area contributed by atoms with Crippen LogP contribution in [0.25, 0.3) is 6.08 Å². The molecule has 7 nitrogen and oxygen atoms in total. The smallest absolute Gasteiger partial charge is 0.325 e. The first-order valence-electron chi connectivity index (χ1n) is 9.27. The first kappa shape index (κ1) is 22.2. The predicted molar refractivity (Wildman–Crippen MR) is 116 cm³/mol. The van der Waals surface area contributed by atoms with Crippen LogP contribution in [0.4, 0.5) is 4.39 Å². The Balaban J connectivity index is 1.84. The molecule has 0 N–H and O–H groups in total. The molecule has 0 aromatic heterocycles. The van der Waals surface area contributed by atoms with Gasteiger partial charge in [-0.3, -0.25) is 14.5 Å². The highest BCUT2D eigenvalue weighted by molar-refractivity contribution is 7.80. The summed E-state index contributed by atoms with van der Waals surface area (Å²) in [5, 5.41) is 0.216. The molecule has 0 radical (unpaired) electrons. The van der Waals surface area contributed by atoms with E-state index in [1.807, 2.05) is 0 Å². The number of thiocarbonyl (C=S) groups is 1. The number of carbonyl (C=O) groups is 2. The Morgan fingerprint density at radius 2 is 1.84 bits per heavy atom. The molecule has 1 amide bonds. The van der Waals surface area contributed by atoms with Crippen LogP contribution in [0.15, 0.2) is 48.2 Å². The highest BCUT2D eigenvalue weighted by Gasteiger charge is 2.36. The lowest BCUT2D eigenvalue weighted by molar-refractivity contribution is -0.140. The lowest BCUT2D eigenvalue weighted by Gasteiger charge is -2.17. The van der Waals surface area contributed by atoms with Crippen molar-refractivity contribution in [3.63, 3.8) is 0 Å². The van der Waals surface area contributed by atoms with Gasteiger partial charge >= 0.3 is 5.97 Å². The van der Waals surface area contributed by atoms with Gasteiger partial charge in [-0.05, 0) is 53.7 Å². The Morgan fingerprint density at radius 3 is 2.48 bits per heavy atom. The monoisotopic (exact) mass is 444 g/mol. The van der Waals surface area contributed by atoms with Crippen LogP contribution >= 0.6 is 12.2 Å². The average molecular weight is 444 g/mol. The number of carbonyl (C=O) groups excluding carboxylic acids is 2. The van der Waals surface area contributed by atoms with Crippen molar-refractivity contribution in [1.82, 2.24) is 9.80 Å². The lowest BCUT2D eigenvalue weighted by atomic mass is 10.1. The normalized spacial score (nSPS) is 14.9. The first-order chi connectivity index (χ1) is 14.8. The molecule has 2 aromatic rings. The summed E-state index contributed by atoms with van der Waals surface area (Å²) in [6.45, 7) is 0.0643. The van der Waals surface area contributed by atoms with E-state index in [1.54, 1.807) is 43.5 Å². The summed E-state index contributed by atoms with van der Waals surface area (Å²) in [5.41, 5.74) is 1.71. The van der Waals surface area contributed by atoms with Crippen LogP contribution in [0.5, 0.6) is 11.5 Å². The van der Waals surface area contributed by atoms with Crippen LogP contribution in [0.3, 0.4) is 0 Å². The molecule has 0 unspecified atom stereocenters. The van der Waals surface area contributed by atoms with Crippen molar-refractivity contribution in [1.29, 1.82) is 0 Å². The van der Waals surface area contributed by atoms with E-state index in [0.29, 0.717) is 17.1 Å². The number of likely N-dealkylation sites (N-methyl/N-ethyl adjacent to an activating group) is 1. The number of hydrogen-bond acceptors (Lipinski definition) is 6. The van der Waals surface area contributed by atoms with E-state index >= 15 is 0 Å². The summed E-state index contributed by atoms with van der Waals surface area (Å²) in [5.74, 6) is -0.210. The fourth-order valence-corrected chi connectivity index (χ4v) is 3.18. The number of ether oxygens (including phenoxy) is 3. The van der Waals surface area contributed by atoms with Gasteiger partial charge in [-0.2, -0.15) is 0 Å². The quantitative estimate of drug-likeness (QED) is 0.369. The number of rotatable bonds is 7. The predicted octanol–water partition coefficient (Wildman–Crippen LogP) is 2.99. The maximum Gasteiger partial charge on any atom is 0.325 e. The third-order valence-electron chi connectivity index (χ3n) is 4.65. The van der Waals surface area contributed by atoms with E-state index in [0.717, 1.165) is 5.56 Å². The average Bonchev–Trinajstić information content (AvgIpc) is 2.97. The standard InChI is InChI=1S/C22H21FN2O5S/c1-24-21(27)17(25(22(24)31)12-20(26)29-3)10-15-6-9-18(19(11-15)28-2)30-13-14-4-7-16(23)8-5-14/h4-11H,12-13H2,1-3H3. The summed E-state index contributed by atoms with van der Waals surface area (Å²) in [6, 6.07) is 11.2. The van der Waals surface area contributed by atoms with Crippen molar-refractivity contribution in [2.24, 2.45) is 0 Å². The second kappa shape index (κ2) is 9.57. The minimum absolute atomic E-state index is 0.173. The highest BCUT2D eigenvalue weighted by Crippen LogP contribution is 2.31. The van der Waals surface area contributed by atoms with E-state index in [2.05, 4.69) is 0 Å². The van der Waals surface area contributed by atoms with Gasteiger partial charge < -0.3 is 19.1 Å². The minimum atomic E-state index is -0.515. The first-order valence-corrected chi connectivity index (χ1v) is 9.68. The summed E-state index contributed by atoms with van der Waals surface area (Å²) in [6.07, 6.45) is 1.62. The number of benzene rings is 2. The van der Waals surface area contributed by atoms with Crippen molar-refractivity contribution in [2.45, 2.75) is 6.61 Å². The van der Waals surface area contributed by atoms with Crippen LogP contribution in [0, 0.1) is 5.82 Å². The van der Waals surface area contributed by atoms with Crippen LogP contribution < -0.4 is 9.47 Å². The van der Waals surface area contributed by atoms with Gasteiger partial charge in [0.15, 0.2) is 16.6 Å². The van der Waals surface area contributed by atoms with Gasteiger partial charge in [0.05, 0.1) is 14.2 Å². The van der Waals surface area contributed by atoms with Gasteiger partial charge in [-0.1, -0.05) is 18.2 Å². The molecule has 162 valence electrons. The fraction of sp³-hybridized carbons (Fsp3) is 0.227. The van der Waals surface area contributed by atoms with Gasteiger partial charge in [0.1, 0.15) is 24.7 Å². The third-order valence-corrected chi connectivity index (χ3v) is 5.14. The lowest BCUT2D eigenvalue weighted by Crippen LogP contribution is -2.33. The highest BCUT2D eigenvalue weighted by atomic mass is 32.1. The van der Waals surface area contributed by atoms with Gasteiger partial charge in [0.2, 0.25) is 0 Å². The molecule has 1 saturated heterocycles. The van der Waals surface area contributed by atoms with Gasteiger partial charge in [-0.25, -0.2) is 4.39 Å². The zero-order chi connectivity index (χ0) is 22.5. The van der Waals surface area contributed by atoms with Gasteiger partial charge in [-0.15, -0.1) is 0 Å². The number of hydrogen-bond donors (Lipinski definition) is 0. The maximum absolute atomic E-state index is 13.0. The number of halogens is 1. The molecule has 9 heteroatoms. The number of amides is 1. The van der Waals surface area contributed by atoms with Crippen molar-refractivity contribution < 1.29 is 28.2 Å². The topological polar surface area (TPSA) is 68.3 Å². The van der Waals surface area contributed by atoms with E-state index in [-0.39, 0.29) is 35.7 Å². The molecule has 1 aliphatic rings. The molecule has 1 heterocycles. The molecule has 0 spiro atoms. The summed E-state index contributed by atoms with van der Waals surface area (Å²) < 4.78 is 28.9. The van der Waals surface area contributed by atoms with Crippen molar-refractivity contribution in [2.75, 3.05) is 27.8 Å². The van der Waals surface area contributed by atoms with E-state index in [4.69, 9.17) is 26.4 Å². The van der Waals surface area contributed by atoms with Gasteiger partial charge in [0, 0.05) is 7.05 Å². The molecule has 0 aliphatic carbocycles. The maximum atomic E-state index is 13.0. The van der Waals surface area contributed by atoms with Crippen LogP contribution in [-0.4, -0.2) is 54.6 Å². The second-order valence-electron chi connectivity index (χ2n) is 6.66. The third kappa shape index (κ3) is 5.00. The Morgan fingerprint density at radius 1 is 1.13 bits per heavy atom. The second-order valence-corrected chi connectivity index (χ2v) is 7.03. The molecular weight excluding hydrogens is 423 g/mol. The van der Waals surface area contributed by atoms with Crippen molar-refractivity contribution >= 4 is 35.3 Å². The zero-order valence-corrected chi connectivity index (χ0v) is 18.1. The Bertz CT molecular complexity index is 1040. The van der Waals surface area contributed by atoms with Crippen LogP contribution in [0.1, 0.15) is 11.1 Å². The Labute approximate surface area is 184 Å². The minimum Gasteiger partial charge on any atom is -0.493 e. The molecule has 31 heavy (non-hydrogen) atoms. The van der Waals surface area contributed by atoms with E-state index in [1.165, 1.54) is 36.2 Å². The summed E-state index contributed by atoms with van der Waals surface area (Å²) in [7, 11) is 4.32. The molecule has 2 aromatic carbocycles. The Hall–Kier alpha value is -3.46. The molecular formula is C22H21FN2O5S. The summed E-state index contributed by atoms with van der Waals surface area (Å²) >= 11 is 5.27. The molecule has 0 atom stereocenters. The van der Waals surface area contributed by atoms with Crippen molar-refractivity contribution in [3.8, 4) is 11.5 Å². The van der Waals surface area contributed by atoms with Crippen molar-refractivity contribution in [3.05, 3.63) is 65.1 Å². The Kier molecular flexibility index (Phi) is 6.86. The van der Waals surface area contributed by atoms with E-state index < -0.39 is 5.97 Å². The number of methoxy groups -OCH3 is 2.